The second-order valence-electron chi connectivity index (χ2n) is 18.9. The molecule has 0 spiro atoms. The van der Waals surface area contributed by atoms with Crippen LogP contribution in [-0.4, -0.2) is 19.8 Å². The van der Waals surface area contributed by atoms with E-state index >= 15 is 0 Å². The smallest absolute Gasteiger partial charge is 0.192 e. The lowest BCUT2D eigenvalue weighted by molar-refractivity contribution is -0.748. The van der Waals surface area contributed by atoms with Crippen molar-refractivity contribution in [1.29, 1.82) is 0 Å². The van der Waals surface area contributed by atoms with E-state index in [2.05, 4.69) is 205 Å². The number of nitrogens with zero attached hydrogens (tertiary/aromatic N) is 6. The Hall–Kier alpha value is -7.86. The van der Waals surface area contributed by atoms with Gasteiger partial charge in [0.2, 0.25) is 0 Å². The minimum atomic E-state index is 0.476. The lowest BCUT2D eigenvalue weighted by atomic mass is 9.96. The lowest BCUT2D eigenvalue weighted by Crippen LogP contribution is -2.37. The normalized spacial score (nSPS) is 11.7. The van der Waals surface area contributed by atoms with Crippen LogP contribution >= 0.6 is 0 Å². The number of aromatic nitrogens is 6. The van der Waals surface area contributed by atoms with Crippen LogP contribution in [0.3, 0.4) is 0 Å². The van der Waals surface area contributed by atoms with Crippen LogP contribution < -0.4 is 20.0 Å². The molecule has 0 saturated carbocycles. The van der Waals surface area contributed by atoms with E-state index in [1.807, 2.05) is 32.8 Å². The first-order valence-electron chi connectivity index (χ1n) is 24.9. The van der Waals surface area contributed by atoms with Crippen molar-refractivity contribution in [3.05, 3.63) is 250 Å². The van der Waals surface area contributed by atoms with Crippen LogP contribution in [-0.2, 0) is 89.3 Å². The van der Waals surface area contributed by atoms with E-state index < -0.39 is 0 Å². The van der Waals surface area contributed by atoms with Gasteiger partial charge < -0.3 is 20.1 Å². The largest absolute Gasteiger partial charge is 0.368 e. The predicted octanol–water partition coefficient (Wildman–Crippen LogP) is 10.5. The number of fused-ring (bicyclic) bond motifs is 4. The molecule has 0 atom stereocenters. The third kappa shape index (κ3) is 10.9. The molecule has 0 amide bonds. The van der Waals surface area contributed by atoms with Crippen molar-refractivity contribution >= 4 is 43.1 Å². The molecule has 10 heteroatoms. The van der Waals surface area contributed by atoms with Crippen LogP contribution in [0.2, 0.25) is 0 Å². The summed E-state index contributed by atoms with van der Waals surface area (Å²) in [7, 11) is 3.94. The third-order valence-corrected chi connectivity index (χ3v) is 13.7. The third-order valence-electron chi connectivity index (χ3n) is 13.7. The summed E-state index contributed by atoms with van der Waals surface area (Å²) in [4.78, 5) is 0. The maximum atomic E-state index is 6.17. The Kier molecular flexibility index (Phi) is 14.0. The van der Waals surface area contributed by atoms with Gasteiger partial charge in [-0.05, 0) is 99.7 Å². The number of aryl methyl sites for hydroxylation is 2. The van der Waals surface area contributed by atoms with Gasteiger partial charge in [0.25, 0.3) is 0 Å². The molecule has 0 radical (unpaired) electrons. The molecule has 0 saturated heterocycles. The molecule has 0 aliphatic rings. The van der Waals surface area contributed by atoms with Crippen LogP contribution in [0, 0.1) is 0 Å². The highest BCUT2D eigenvalue weighted by atomic mass is 16.5. The Labute approximate surface area is 420 Å². The molecule has 358 valence electrons. The van der Waals surface area contributed by atoms with Crippen LogP contribution in [0.4, 0.5) is 0 Å². The number of benzene rings is 9. The minimum Gasteiger partial charge on any atom is -0.368 e. The van der Waals surface area contributed by atoms with Crippen LogP contribution in [0.15, 0.2) is 194 Å². The number of hydrogen-bond donors (Lipinski definition) is 2. The lowest BCUT2D eigenvalue weighted by Gasteiger charge is -2.13. The van der Waals surface area contributed by atoms with Crippen molar-refractivity contribution in [3.8, 4) is 0 Å². The van der Waals surface area contributed by atoms with Crippen molar-refractivity contribution in [2.24, 2.45) is 14.1 Å². The van der Waals surface area contributed by atoms with Crippen LogP contribution in [0.25, 0.3) is 43.1 Å². The number of nitrogens with one attached hydrogen (secondary N) is 2. The van der Waals surface area contributed by atoms with Gasteiger partial charge in [-0.2, -0.15) is 0 Å². The SMILES string of the molecule is Cn1n[n+](Cc2ccc(C[n+]3cc(COCc4ccc(CNCc5c6ccccc6cc6ccccc56)cc4)n(C)n3)cc2)cc1COCc1ccc(CNCc2c3ccccc3cc3ccccc23)cc1. The van der Waals surface area contributed by atoms with Gasteiger partial charge in [-0.15, -0.1) is 18.7 Å². The van der Waals surface area contributed by atoms with Gasteiger partial charge in [0.1, 0.15) is 40.4 Å². The van der Waals surface area contributed by atoms with E-state index in [1.54, 1.807) is 0 Å². The summed E-state index contributed by atoms with van der Waals surface area (Å²) in [5.74, 6) is 0. The highest BCUT2D eigenvalue weighted by molar-refractivity contribution is 6.03. The maximum Gasteiger partial charge on any atom is 0.192 e. The summed E-state index contributed by atoms with van der Waals surface area (Å²) < 4.78 is 20.1. The maximum absolute atomic E-state index is 6.17. The van der Waals surface area contributed by atoms with Gasteiger partial charge in [0.05, 0.1) is 23.6 Å². The van der Waals surface area contributed by atoms with E-state index in [4.69, 9.17) is 19.9 Å². The molecule has 2 heterocycles. The molecule has 2 N–H and O–H groups in total. The van der Waals surface area contributed by atoms with Crippen molar-refractivity contribution < 1.29 is 18.8 Å². The van der Waals surface area contributed by atoms with E-state index in [-0.39, 0.29) is 0 Å². The standard InChI is InChI=1S/C62H60N8O2/c1-67-55(43-71-41-49-27-19-45(20-28-49)33-63-35-61-57-15-7-3-11-51(57)31-52-12-4-8-16-58(52)61)39-69(65-67)37-47-23-25-48(26-24-47)38-70-40-56(68(2)66-70)44-72-42-50-29-21-46(22-30-50)34-64-36-62-59-17-9-5-13-53(59)32-54-14-6-10-18-60(54)62/h3-32,39-40,63-64H,33-38,41-44H2,1-2H3/q+2. The fourth-order valence-corrected chi connectivity index (χ4v) is 9.88. The average molecular weight is 949 g/mol. The summed E-state index contributed by atoms with van der Waals surface area (Å²) >= 11 is 0. The summed E-state index contributed by atoms with van der Waals surface area (Å²) in [6.07, 6.45) is 4.14. The Morgan fingerprint density at radius 3 is 1.06 bits per heavy atom. The molecule has 72 heavy (non-hydrogen) atoms. The molecule has 0 aliphatic heterocycles. The van der Waals surface area contributed by atoms with E-state index in [0.717, 1.165) is 48.7 Å². The summed E-state index contributed by atoms with van der Waals surface area (Å²) in [5, 5.41) is 27.2. The molecule has 0 aliphatic carbocycles. The van der Waals surface area contributed by atoms with Crippen LogP contribution in [0.1, 0.15) is 55.9 Å². The Morgan fingerprint density at radius 2 is 0.694 bits per heavy atom. The first kappa shape index (κ1) is 46.5. The van der Waals surface area contributed by atoms with Gasteiger partial charge in [-0.1, -0.05) is 170 Å². The van der Waals surface area contributed by atoms with E-state index in [0.29, 0.717) is 39.5 Å². The zero-order valence-electron chi connectivity index (χ0n) is 41.0. The molecule has 0 fully saturated rings. The van der Waals surface area contributed by atoms with Crippen molar-refractivity contribution in [3.63, 3.8) is 0 Å². The predicted molar refractivity (Wildman–Crippen MR) is 285 cm³/mol. The first-order chi connectivity index (χ1) is 35.5. The van der Waals surface area contributed by atoms with Crippen molar-refractivity contribution in [1.82, 2.24) is 30.4 Å². The number of rotatable bonds is 20. The monoisotopic (exact) mass is 948 g/mol. The fourth-order valence-electron chi connectivity index (χ4n) is 9.88. The zero-order chi connectivity index (χ0) is 48.6. The van der Waals surface area contributed by atoms with E-state index in [1.165, 1.54) is 76.5 Å². The first-order valence-corrected chi connectivity index (χ1v) is 24.9. The summed E-state index contributed by atoms with van der Waals surface area (Å²) in [6, 6.07) is 65.3. The highest BCUT2D eigenvalue weighted by Gasteiger charge is 2.16. The molecular weight excluding hydrogens is 889 g/mol. The van der Waals surface area contributed by atoms with Gasteiger partial charge in [0, 0.05) is 26.2 Å². The summed E-state index contributed by atoms with van der Waals surface area (Å²) in [5.41, 5.74) is 11.9. The molecule has 11 rings (SSSR count). The molecular formula is C62H60N8O2+2. The summed E-state index contributed by atoms with van der Waals surface area (Å²) in [6.45, 7) is 6.54. The topological polar surface area (TPSA) is 85.9 Å². The van der Waals surface area contributed by atoms with Gasteiger partial charge in [-0.3, -0.25) is 0 Å². The number of ether oxygens (including phenoxy) is 2. The average Bonchev–Trinajstić information content (AvgIpc) is 3.95. The molecule has 11 aromatic rings. The molecule has 0 unspecified atom stereocenters. The van der Waals surface area contributed by atoms with Gasteiger partial charge >= 0.3 is 0 Å². The highest BCUT2D eigenvalue weighted by Crippen LogP contribution is 2.30. The van der Waals surface area contributed by atoms with Crippen molar-refractivity contribution in [2.45, 2.75) is 65.7 Å². The van der Waals surface area contributed by atoms with Gasteiger partial charge in [-0.25, -0.2) is 0 Å². The fraction of sp³-hybridized carbons (Fsp3) is 0.194. The Balaban J connectivity index is 0.603. The van der Waals surface area contributed by atoms with Crippen LogP contribution in [0.5, 0.6) is 0 Å². The Morgan fingerprint density at radius 1 is 0.375 bits per heavy atom. The molecule has 10 nitrogen and oxygen atoms in total. The second-order valence-corrected chi connectivity index (χ2v) is 18.9. The minimum absolute atomic E-state index is 0.476. The molecule has 0 bridgehead atoms. The Bertz CT molecular complexity index is 3270. The zero-order valence-corrected chi connectivity index (χ0v) is 41.0. The molecule has 2 aromatic heterocycles. The quantitative estimate of drug-likeness (QED) is 0.0585. The van der Waals surface area contributed by atoms with Crippen molar-refractivity contribution in [2.75, 3.05) is 0 Å². The molecule has 9 aromatic carbocycles. The van der Waals surface area contributed by atoms with E-state index in [9.17, 15) is 0 Å². The van der Waals surface area contributed by atoms with Gasteiger partial charge in [0.15, 0.2) is 23.8 Å². The number of hydrogen-bond acceptors (Lipinski definition) is 6. The second kappa shape index (κ2) is 21.6.